The van der Waals surface area contributed by atoms with Crippen LogP contribution in [0, 0.1) is 5.92 Å². The highest BCUT2D eigenvalue weighted by Gasteiger charge is 2.27. The van der Waals surface area contributed by atoms with Crippen molar-refractivity contribution in [2.75, 3.05) is 0 Å². The van der Waals surface area contributed by atoms with Crippen molar-refractivity contribution in [1.29, 1.82) is 0 Å². The van der Waals surface area contributed by atoms with Crippen LogP contribution in [0.25, 0.3) is 0 Å². The first kappa shape index (κ1) is 19.2. The van der Waals surface area contributed by atoms with Gasteiger partial charge >= 0.3 is 5.97 Å². The lowest BCUT2D eigenvalue weighted by molar-refractivity contribution is -0.142. The lowest BCUT2D eigenvalue weighted by Gasteiger charge is -2.23. The molecule has 0 saturated heterocycles. The van der Waals surface area contributed by atoms with Gasteiger partial charge in [-0.05, 0) is 30.2 Å². The van der Waals surface area contributed by atoms with Crippen LogP contribution in [-0.4, -0.2) is 22.9 Å². The fraction of sp³-hybridized carbons (Fsp3) is 0.250. The Kier molecular flexibility index (Phi) is 6.49. The van der Waals surface area contributed by atoms with E-state index in [0.717, 1.165) is 11.1 Å². The maximum atomic E-state index is 12.6. The molecule has 6 nitrogen and oxygen atoms in total. The van der Waals surface area contributed by atoms with Gasteiger partial charge in [-0.2, -0.15) is 0 Å². The quantitative estimate of drug-likeness (QED) is 0.712. The number of aliphatic carboxylic acids is 1. The van der Waals surface area contributed by atoms with Gasteiger partial charge in [0.15, 0.2) is 0 Å². The molecule has 2 aromatic rings. The van der Waals surface area contributed by atoms with E-state index in [1.54, 1.807) is 55.5 Å². The first-order valence-electron chi connectivity index (χ1n) is 8.30. The molecule has 0 bridgehead atoms. The number of nitrogens with one attached hydrogen (secondary N) is 2. The third kappa shape index (κ3) is 5.17. The van der Waals surface area contributed by atoms with Crippen molar-refractivity contribution in [1.82, 2.24) is 10.6 Å². The fourth-order valence-electron chi connectivity index (χ4n) is 2.53. The zero-order valence-electron chi connectivity index (χ0n) is 14.7. The number of amides is 2. The second kappa shape index (κ2) is 8.80. The number of carbonyl (C=O) groups is 3. The molecule has 0 aliphatic heterocycles. The number of hydrogen-bond acceptors (Lipinski definition) is 3. The number of hydrogen-bond donors (Lipinski definition) is 3. The summed E-state index contributed by atoms with van der Waals surface area (Å²) in [6.07, 6.45) is 0. The van der Waals surface area contributed by atoms with Crippen LogP contribution in [0.3, 0.4) is 0 Å². The molecule has 0 aliphatic rings. The highest BCUT2D eigenvalue weighted by Crippen LogP contribution is 2.22. The molecule has 0 saturated carbocycles. The topological polar surface area (TPSA) is 95.5 Å². The Labute approximate surface area is 152 Å². The van der Waals surface area contributed by atoms with Crippen molar-refractivity contribution < 1.29 is 19.5 Å². The van der Waals surface area contributed by atoms with Gasteiger partial charge in [0.1, 0.15) is 0 Å². The highest BCUT2D eigenvalue weighted by molar-refractivity contribution is 5.94. The molecule has 136 valence electrons. The summed E-state index contributed by atoms with van der Waals surface area (Å²) < 4.78 is 0. The molecule has 6 heteroatoms. The van der Waals surface area contributed by atoms with Gasteiger partial charge in [0, 0.05) is 19.0 Å². The number of carboxylic acid groups (broad SMARTS) is 1. The molecule has 0 spiro atoms. The van der Waals surface area contributed by atoms with Crippen LogP contribution < -0.4 is 10.6 Å². The molecule has 3 N–H and O–H groups in total. The lowest BCUT2D eigenvalue weighted by Crippen LogP contribution is -2.35. The Morgan fingerprint density at radius 3 is 2.15 bits per heavy atom. The monoisotopic (exact) mass is 354 g/mol. The SMILES string of the molecule is CC(=O)NCc1ccc(C(=O)NC(c2ccccc2)C(C)C(=O)O)cc1. The normalized spacial score (nSPS) is 12.7. The molecular weight excluding hydrogens is 332 g/mol. The number of benzene rings is 2. The van der Waals surface area contributed by atoms with Gasteiger partial charge in [0.05, 0.1) is 12.0 Å². The third-order valence-corrected chi connectivity index (χ3v) is 4.09. The molecule has 2 unspecified atom stereocenters. The van der Waals surface area contributed by atoms with E-state index in [-0.39, 0.29) is 11.8 Å². The maximum Gasteiger partial charge on any atom is 0.308 e. The zero-order chi connectivity index (χ0) is 19.1. The van der Waals surface area contributed by atoms with Gasteiger partial charge < -0.3 is 15.7 Å². The minimum atomic E-state index is -0.982. The zero-order valence-corrected chi connectivity index (χ0v) is 14.7. The van der Waals surface area contributed by atoms with Crippen LogP contribution in [-0.2, 0) is 16.1 Å². The number of carbonyl (C=O) groups excluding carboxylic acids is 2. The molecule has 0 heterocycles. The second-order valence-corrected chi connectivity index (χ2v) is 6.10. The van der Waals surface area contributed by atoms with Crippen LogP contribution in [0.2, 0.25) is 0 Å². The summed E-state index contributed by atoms with van der Waals surface area (Å²) in [6, 6.07) is 15.2. The predicted molar refractivity (Wildman–Crippen MR) is 97.4 cm³/mol. The van der Waals surface area contributed by atoms with Crippen LogP contribution in [0.5, 0.6) is 0 Å². The molecule has 0 aliphatic carbocycles. The van der Waals surface area contributed by atoms with Crippen molar-refractivity contribution in [2.24, 2.45) is 5.92 Å². The molecule has 2 amide bonds. The average Bonchev–Trinajstić information content (AvgIpc) is 2.64. The van der Waals surface area contributed by atoms with E-state index >= 15 is 0 Å². The predicted octanol–water partition coefficient (Wildman–Crippen LogP) is 2.51. The standard InChI is InChI=1S/C20H22N2O4/c1-13(20(25)26)18(16-6-4-3-5-7-16)22-19(24)17-10-8-15(9-11-17)12-21-14(2)23/h3-11,13,18H,12H2,1-2H3,(H,21,23)(H,22,24)(H,25,26). The summed E-state index contributed by atoms with van der Waals surface area (Å²) >= 11 is 0. The largest absolute Gasteiger partial charge is 0.481 e. The lowest BCUT2D eigenvalue weighted by atomic mass is 9.94. The van der Waals surface area contributed by atoms with E-state index < -0.39 is 17.9 Å². The molecule has 2 rings (SSSR count). The molecule has 2 aromatic carbocycles. The number of carboxylic acids is 1. The van der Waals surface area contributed by atoms with Crippen molar-refractivity contribution in [3.63, 3.8) is 0 Å². The van der Waals surface area contributed by atoms with Crippen LogP contribution in [0.15, 0.2) is 54.6 Å². The summed E-state index contributed by atoms with van der Waals surface area (Å²) in [7, 11) is 0. The van der Waals surface area contributed by atoms with Gasteiger partial charge in [0.2, 0.25) is 5.91 Å². The summed E-state index contributed by atoms with van der Waals surface area (Å²) in [6.45, 7) is 3.39. The van der Waals surface area contributed by atoms with Crippen LogP contribution >= 0.6 is 0 Å². The Morgan fingerprint density at radius 1 is 1.00 bits per heavy atom. The van der Waals surface area contributed by atoms with Crippen LogP contribution in [0.1, 0.15) is 41.4 Å². The van der Waals surface area contributed by atoms with Gasteiger partial charge in [-0.15, -0.1) is 0 Å². The van der Waals surface area contributed by atoms with E-state index in [0.29, 0.717) is 12.1 Å². The van der Waals surface area contributed by atoms with Gasteiger partial charge in [-0.1, -0.05) is 42.5 Å². The molecule has 0 aromatic heterocycles. The maximum absolute atomic E-state index is 12.6. The molecular formula is C20H22N2O4. The Hall–Kier alpha value is -3.15. The Bertz CT molecular complexity index is 772. The summed E-state index contributed by atoms with van der Waals surface area (Å²) in [5.41, 5.74) is 2.03. The van der Waals surface area contributed by atoms with Gasteiger partial charge in [-0.3, -0.25) is 14.4 Å². The first-order valence-corrected chi connectivity index (χ1v) is 8.30. The fourth-order valence-corrected chi connectivity index (χ4v) is 2.53. The summed E-state index contributed by atoms with van der Waals surface area (Å²) in [5, 5.41) is 14.8. The van der Waals surface area contributed by atoms with E-state index in [1.165, 1.54) is 6.92 Å². The van der Waals surface area contributed by atoms with Gasteiger partial charge in [0.25, 0.3) is 5.91 Å². The summed E-state index contributed by atoms with van der Waals surface area (Å²) in [5.74, 6) is -2.23. The minimum Gasteiger partial charge on any atom is -0.481 e. The molecule has 2 atom stereocenters. The Morgan fingerprint density at radius 2 is 1.62 bits per heavy atom. The van der Waals surface area contributed by atoms with Crippen molar-refractivity contribution >= 4 is 17.8 Å². The van der Waals surface area contributed by atoms with E-state index in [4.69, 9.17) is 0 Å². The first-order chi connectivity index (χ1) is 12.4. The Balaban J connectivity index is 2.14. The third-order valence-electron chi connectivity index (χ3n) is 4.09. The molecule has 0 radical (unpaired) electrons. The molecule has 0 fully saturated rings. The van der Waals surface area contributed by atoms with E-state index in [9.17, 15) is 19.5 Å². The van der Waals surface area contributed by atoms with Crippen molar-refractivity contribution in [2.45, 2.75) is 26.4 Å². The van der Waals surface area contributed by atoms with Crippen molar-refractivity contribution in [3.05, 3.63) is 71.3 Å². The van der Waals surface area contributed by atoms with Crippen LogP contribution in [0.4, 0.5) is 0 Å². The van der Waals surface area contributed by atoms with E-state index in [2.05, 4.69) is 10.6 Å². The minimum absolute atomic E-state index is 0.125. The average molecular weight is 354 g/mol. The van der Waals surface area contributed by atoms with Crippen molar-refractivity contribution in [3.8, 4) is 0 Å². The van der Waals surface area contributed by atoms with Gasteiger partial charge in [-0.25, -0.2) is 0 Å². The molecule has 26 heavy (non-hydrogen) atoms. The highest BCUT2D eigenvalue weighted by atomic mass is 16.4. The van der Waals surface area contributed by atoms with E-state index in [1.807, 2.05) is 6.07 Å². The smallest absolute Gasteiger partial charge is 0.308 e. The second-order valence-electron chi connectivity index (χ2n) is 6.10. The summed E-state index contributed by atoms with van der Waals surface area (Å²) in [4.78, 5) is 34.9. The number of rotatable bonds is 7.